The minimum Gasteiger partial charge on any atom is -0.388 e. The molecule has 0 aliphatic rings. The van der Waals surface area contributed by atoms with Gasteiger partial charge in [-0.2, -0.15) is 13.5 Å². The quantitative estimate of drug-likeness (QED) is 0.701. The van der Waals surface area contributed by atoms with Gasteiger partial charge in [0.15, 0.2) is 0 Å². The molecule has 0 fully saturated rings. The first-order valence-electron chi connectivity index (χ1n) is 3.57. The maximum absolute atomic E-state index is 12.7. The molecule has 0 spiro atoms. The van der Waals surface area contributed by atoms with E-state index in [2.05, 4.69) is 10.3 Å². The van der Waals surface area contributed by atoms with Crippen LogP contribution >= 0.6 is 0 Å². The van der Waals surface area contributed by atoms with Gasteiger partial charge in [-0.3, -0.25) is 0 Å². The van der Waals surface area contributed by atoms with Crippen molar-refractivity contribution in [3.8, 4) is 0 Å². The number of alkyl halides is 2. The van der Waals surface area contributed by atoms with Crippen LogP contribution in [0.1, 0.15) is 18.7 Å². The van der Waals surface area contributed by atoms with Gasteiger partial charge in [0.1, 0.15) is 12.3 Å². The van der Waals surface area contributed by atoms with E-state index in [1.165, 1.54) is 6.92 Å². The van der Waals surface area contributed by atoms with E-state index in [1.807, 2.05) is 0 Å². The molecule has 74 valence electrons. The number of hydrogen-bond acceptors (Lipinski definition) is 4. The molecule has 0 aliphatic carbocycles. The Balaban J connectivity index is 2.91. The lowest BCUT2D eigenvalue weighted by Gasteiger charge is -2.11. The Morgan fingerprint density at radius 2 is 2.31 bits per heavy atom. The SMILES string of the molecule is CC(O)c1cn(C(F)(F)CO)nn1. The summed E-state index contributed by atoms with van der Waals surface area (Å²) in [6.45, 7) is 0.0288. The van der Waals surface area contributed by atoms with E-state index in [-0.39, 0.29) is 10.4 Å². The summed E-state index contributed by atoms with van der Waals surface area (Å²) >= 11 is 0. The van der Waals surface area contributed by atoms with Crippen LogP contribution in [-0.4, -0.2) is 31.8 Å². The average Bonchev–Trinajstić information content (AvgIpc) is 2.52. The fourth-order valence-corrected chi connectivity index (χ4v) is 0.700. The molecule has 5 nitrogen and oxygen atoms in total. The normalized spacial score (nSPS) is 14.5. The number of aliphatic hydroxyl groups is 2. The first-order valence-corrected chi connectivity index (χ1v) is 3.57. The van der Waals surface area contributed by atoms with Gasteiger partial charge >= 0.3 is 6.05 Å². The highest BCUT2D eigenvalue weighted by Crippen LogP contribution is 2.19. The molecule has 2 N–H and O–H groups in total. The zero-order chi connectivity index (χ0) is 10.1. The van der Waals surface area contributed by atoms with E-state index in [1.54, 1.807) is 0 Å². The van der Waals surface area contributed by atoms with Gasteiger partial charge in [0.05, 0.1) is 12.3 Å². The Hall–Kier alpha value is -1.08. The number of aliphatic hydroxyl groups excluding tert-OH is 2. The predicted octanol–water partition coefficient (Wildman–Crippen LogP) is -0.127. The van der Waals surface area contributed by atoms with Gasteiger partial charge in [0, 0.05) is 0 Å². The van der Waals surface area contributed by atoms with Crippen LogP contribution in [0.3, 0.4) is 0 Å². The summed E-state index contributed by atoms with van der Waals surface area (Å²) < 4.78 is 25.6. The minimum atomic E-state index is -3.47. The van der Waals surface area contributed by atoms with E-state index >= 15 is 0 Å². The van der Waals surface area contributed by atoms with Crippen molar-refractivity contribution in [2.75, 3.05) is 6.61 Å². The summed E-state index contributed by atoms with van der Waals surface area (Å²) in [5, 5.41) is 23.6. The smallest absolute Gasteiger partial charge is 0.367 e. The predicted molar refractivity (Wildman–Crippen MR) is 37.9 cm³/mol. The number of hydrogen-bond donors (Lipinski definition) is 2. The Morgan fingerprint density at radius 3 is 2.69 bits per heavy atom. The van der Waals surface area contributed by atoms with Crippen molar-refractivity contribution in [3.05, 3.63) is 11.9 Å². The summed E-state index contributed by atoms with van der Waals surface area (Å²) in [7, 11) is 0. The molecule has 1 heterocycles. The molecule has 0 amide bonds. The van der Waals surface area contributed by atoms with Crippen molar-refractivity contribution in [3.63, 3.8) is 0 Å². The second-order valence-electron chi connectivity index (χ2n) is 2.59. The summed E-state index contributed by atoms with van der Waals surface area (Å²) in [6, 6.07) is -3.47. The van der Waals surface area contributed by atoms with Crippen LogP contribution in [0.15, 0.2) is 6.20 Å². The summed E-state index contributed by atoms with van der Waals surface area (Å²) in [4.78, 5) is 0. The van der Waals surface area contributed by atoms with Crippen LogP contribution < -0.4 is 0 Å². The maximum atomic E-state index is 12.7. The van der Waals surface area contributed by atoms with Crippen molar-refractivity contribution in [2.24, 2.45) is 0 Å². The molecule has 0 aromatic carbocycles. The molecule has 0 saturated carbocycles. The lowest BCUT2D eigenvalue weighted by molar-refractivity contribution is -0.131. The molecule has 1 aromatic rings. The summed E-state index contributed by atoms with van der Waals surface area (Å²) in [5.41, 5.74) is 0.0353. The fraction of sp³-hybridized carbons (Fsp3) is 0.667. The van der Waals surface area contributed by atoms with Crippen molar-refractivity contribution in [1.82, 2.24) is 15.0 Å². The second kappa shape index (κ2) is 3.35. The van der Waals surface area contributed by atoms with E-state index in [0.717, 1.165) is 6.20 Å². The van der Waals surface area contributed by atoms with Gasteiger partial charge in [-0.05, 0) is 6.92 Å². The Labute approximate surface area is 72.6 Å². The van der Waals surface area contributed by atoms with Crippen LogP contribution in [-0.2, 0) is 6.05 Å². The van der Waals surface area contributed by atoms with Crippen LogP contribution in [0.4, 0.5) is 8.78 Å². The number of rotatable bonds is 3. The lowest BCUT2D eigenvalue weighted by atomic mass is 10.3. The lowest BCUT2D eigenvalue weighted by Crippen LogP contribution is -2.27. The third kappa shape index (κ3) is 1.99. The van der Waals surface area contributed by atoms with Gasteiger partial charge in [-0.15, -0.1) is 5.10 Å². The minimum absolute atomic E-state index is 0.0353. The van der Waals surface area contributed by atoms with Gasteiger partial charge in [0.25, 0.3) is 0 Å². The van der Waals surface area contributed by atoms with Crippen LogP contribution in [0, 0.1) is 0 Å². The second-order valence-corrected chi connectivity index (χ2v) is 2.59. The molecule has 0 aliphatic heterocycles. The van der Waals surface area contributed by atoms with Crippen molar-refractivity contribution < 1.29 is 19.0 Å². The largest absolute Gasteiger partial charge is 0.388 e. The van der Waals surface area contributed by atoms with E-state index in [0.29, 0.717) is 0 Å². The van der Waals surface area contributed by atoms with Crippen LogP contribution in [0.2, 0.25) is 0 Å². The molecule has 0 saturated heterocycles. The highest BCUT2D eigenvalue weighted by Gasteiger charge is 2.32. The zero-order valence-electron chi connectivity index (χ0n) is 6.85. The highest BCUT2D eigenvalue weighted by molar-refractivity contribution is 4.96. The highest BCUT2D eigenvalue weighted by atomic mass is 19.3. The Morgan fingerprint density at radius 1 is 1.69 bits per heavy atom. The molecular weight excluding hydrogens is 184 g/mol. The van der Waals surface area contributed by atoms with Crippen molar-refractivity contribution in [1.29, 1.82) is 0 Å². The zero-order valence-corrected chi connectivity index (χ0v) is 6.85. The molecule has 1 rings (SSSR count). The molecule has 0 bridgehead atoms. The van der Waals surface area contributed by atoms with E-state index in [9.17, 15) is 8.78 Å². The standard InChI is InChI=1S/C6H9F2N3O2/c1-4(13)5-2-11(10-9-5)6(7,8)3-12/h2,4,12-13H,3H2,1H3. The van der Waals surface area contributed by atoms with Crippen LogP contribution in [0.5, 0.6) is 0 Å². The van der Waals surface area contributed by atoms with Gasteiger partial charge in [0.2, 0.25) is 0 Å². The monoisotopic (exact) mass is 193 g/mol. The fourth-order valence-electron chi connectivity index (χ4n) is 0.700. The molecule has 1 unspecified atom stereocenters. The Kier molecular flexibility index (Phi) is 2.58. The number of aromatic nitrogens is 3. The maximum Gasteiger partial charge on any atom is 0.367 e. The van der Waals surface area contributed by atoms with Crippen molar-refractivity contribution in [2.45, 2.75) is 19.1 Å². The summed E-state index contributed by atoms with van der Waals surface area (Å²) in [6.07, 6.45) is -0.0656. The van der Waals surface area contributed by atoms with E-state index < -0.39 is 18.8 Å². The average molecular weight is 193 g/mol. The van der Waals surface area contributed by atoms with Crippen LogP contribution in [0.25, 0.3) is 0 Å². The van der Waals surface area contributed by atoms with Gasteiger partial charge in [-0.1, -0.05) is 5.21 Å². The topological polar surface area (TPSA) is 71.2 Å². The molecular formula is C6H9F2N3O2. The number of nitrogens with zero attached hydrogens (tertiary/aromatic N) is 3. The molecule has 1 atom stereocenters. The molecule has 7 heteroatoms. The third-order valence-corrected chi connectivity index (χ3v) is 1.46. The van der Waals surface area contributed by atoms with Crippen molar-refractivity contribution >= 4 is 0 Å². The van der Waals surface area contributed by atoms with Gasteiger partial charge in [-0.25, -0.2) is 0 Å². The molecule has 1 aromatic heterocycles. The first kappa shape index (κ1) is 10.0. The third-order valence-electron chi connectivity index (χ3n) is 1.46. The molecule has 13 heavy (non-hydrogen) atoms. The summed E-state index contributed by atoms with van der Waals surface area (Å²) in [5.74, 6) is 0. The number of halogens is 2. The van der Waals surface area contributed by atoms with E-state index in [4.69, 9.17) is 10.2 Å². The Bertz CT molecular complexity index is 287. The van der Waals surface area contributed by atoms with Gasteiger partial charge < -0.3 is 10.2 Å². The molecule has 0 radical (unpaired) electrons. The first-order chi connectivity index (χ1) is 5.97.